The molecule has 1 heterocycles. The first-order chi connectivity index (χ1) is 8.65. The molecule has 3 rings (SSSR count). The highest BCUT2D eigenvalue weighted by Crippen LogP contribution is 2.28. The minimum atomic E-state index is 0.743. The lowest BCUT2D eigenvalue weighted by Crippen LogP contribution is -1.91. The van der Waals surface area contributed by atoms with Crippen LogP contribution in [0.25, 0.3) is 22.4 Å². The van der Waals surface area contributed by atoms with Gasteiger partial charge in [-0.25, -0.2) is 4.98 Å². The molecule has 18 heavy (non-hydrogen) atoms. The predicted molar refractivity (Wildman–Crippen MR) is 83.4 cm³/mol. The Morgan fingerprint density at radius 3 is 2.83 bits per heavy atom. The number of fused-ring (bicyclic) bond motifs is 1. The van der Waals surface area contributed by atoms with E-state index in [1.165, 1.54) is 5.56 Å². The van der Waals surface area contributed by atoms with Crippen molar-refractivity contribution in [3.63, 3.8) is 0 Å². The summed E-state index contributed by atoms with van der Waals surface area (Å²) in [7, 11) is 0. The van der Waals surface area contributed by atoms with Crippen molar-refractivity contribution in [3.8, 4) is 11.4 Å². The average Bonchev–Trinajstić information content (AvgIpc) is 2.77. The van der Waals surface area contributed by atoms with E-state index in [2.05, 4.69) is 45.5 Å². The number of hydrogen-bond acceptors (Lipinski definition) is 2. The molecule has 0 atom stereocenters. The summed E-state index contributed by atoms with van der Waals surface area (Å²) in [4.78, 5) is 7.97. The molecule has 0 aliphatic rings. The molecule has 3 nitrogen and oxygen atoms in total. The van der Waals surface area contributed by atoms with Crippen molar-refractivity contribution in [2.45, 2.75) is 6.92 Å². The van der Waals surface area contributed by atoms with Gasteiger partial charge in [-0.05, 0) is 59.3 Å². The Morgan fingerprint density at radius 2 is 2.06 bits per heavy atom. The molecule has 0 saturated carbocycles. The summed E-state index contributed by atoms with van der Waals surface area (Å²) in [6.07, 6.45) is 0. The Labute approximate surface area is 119 Å². The molecule has 0 fully saturated rings. The van der Waals surface area contributed by atoms with Crippen molar-refractivity contribution >= 4 is 39.3 Å². The Balaban J connectivity index is 2.26. The highest BCUT2D eigenvalue weighted by molar-refractivity contribution is 14.1. The van der Waals surface area contributed by atoms with E-state index >= 15 is 0 Å². The molecule has 0 spiro atoms. The Morgan fingerprint density at radius 1 is 1.22 bits per heavy atom. The van der Waals surface area contributed by atoms with E-state index in [0.29, 0.717) is 0 Å². The molecule has 0 unspecified atom stereocenters. The van der Waals surface area contributed by atoms with Crippen LogP contribution in [0.15, 0.2) is 36.4 Å². The Kier molecular flexibility index (Phi) is 2.74. The molecule has 0 amide bonds. The van der Waals surface area contributed by atoms with Crippen LogP contribution in [0.3, 0.4) is 0 Å². The number of imidazole rings is 1. The number of anilines is 1. The number of halogens is 1. The molecule has 1 aromatic heterocycles. The van der Waals surface area contributed by atoms with Gasteiger partial charge in [0.2, 0.25) is 0 Å². The number of H-pyrrole nitrogens is 1. The summed E-state index contributed by atoms with van der Waals surface area (Å²) in [5.74, 6) is 0.829. The monoisotopic (exact) mass is 349 g/mol. The second-order valence-electron chi connectivity index (χ2n) is 4.29. The summed E-state index contributed by atoms with van der Waals surface area (Å²) in [5, 5.41) is 0. The number of aromatic amines is 1. The van der Waals surface area contributed by atoms with Crippen molar-refractivity contribution in [2.24, 2.45) is 0 Å². The van der Waals surface area contributed by atoms with Crippen LogP contribution in [0.5, 0.6) is 0 Å². The van der Waals surface area contributed by atoms with E-state index in [1.54, 1.807) is 0 Å². The van der Waals surface area contributed by atoms with E-state index in [4.69, 9.17) is 5.73 Å². The normalized spacial score (nSPS) is 11.0. The maximum absolute atomic E-state index is 6.02. The molecule has 0 aliphatic heterocycles. The van der Waals surface area contributed by atoms with Crippen LogP contribution in [0.4, 0.5) is 5.69 Å². The second-order valence-corrected chi connectivity index (χ2v) is 5.53. The zero-order valence-electron chi connectivity index (χ0n) is 9.87. The minimum Gasteiger partial charge on any atom is -0.398 e. The molecular weight excluding hydrogens is 337 g/mol. The molecule has 0 bridgehead atoms. The van der Waals surface area contributed by atoms with Crippen molar-refractivity contribution in [3.05, 3.63) is 45.5 Å². The molecule has 0 saturated heterocycles. The number of para-hydroxylation sites is 1. The number of nitrogens with two attached hydrogens (primary N) is 1. The van der Waals surface area contributed by atoms with Gasteiger partial charge in [0.15, 0.2) is 0 Å². The number of hydrogen-bond donors (Lipinski definition) is 2. The van der Waals surface area contributed by atoms with E-state index < -0.39 is 0 Å². The summed E-state index contributed by atoms with van der Waals surface area (Å²) in [5.41, 5.74) is 10.9. The first-order valence-corrected chi connectivity index (χ1v) is 6.74. The predicted octanol–water partition coefficient (Wildman–Crippen LogP) is 3.73. The van der Waals surface area contributed by atoms with E-state index in [1.807, 2.05) is 30.3 Å². The number of aryl methyl sites for hydroxylation is 1. The summed E-state index contributed by atoms with van der Waals surface area (Å²) < 4.78 is 1.15. The van der Waals surface area contributed by atoms with E-state index in [0.717, 1.165) is 31.7 Å². The summed E-state index contributed by atoms with van der Waals surface area (Å²) in [6, 6.07) is 12.1. The first kappa shape index (κ1) is 11.5. The van der Waals surface area contributed by atoms with Gasteiger partial charge in [-0.15, -0.1) is 0 Å². The van der Waals surface area contributed by atoms with Crippen LogP contribution < -0.4 is 5.73 Å². The van der Waals surface area contributed by atoms with Gasteiger partial charge in [-0.3, -0.25) is 0 Å². The third-order valence-corrected chi connectivity index (χ3v) is 3.66. The topological polar surface area (TPSA) is 54.7 Å². The van der Waals surface area contributed by atoms with Crippen LogP contribution in [0.1, 0.15) is 5.56 Å². The highest BCUT2D eigenvalue weighted by Gasteiger charge is 2.09. The van der Waals surface area contributed by atoms with Gasteiger partial charge in [0.05, 0.1) is 11.0 Å². The number of benzene rings is 2. The van der Waals surface area contributed by atoms with Gasteiger partial charge >= 0.3 is 0 Å². The van der Waals surface area contributed by atoms with Crippen LogP contribution in [0.2, 0.25) is 0 Å². The molecule has 2 aromatic carbocycles. The maximum atomic E-state index is 6.02. The quantitative estimate of drug-likeness (QED) is 0.520. The third kappa shape index (κ3) is 1.86. The van der Waals surface area contributed by atoms with Gasteiger partial charge < -0.3 is 10.7 Å². The van der Waals surface area contributed by atoms with Gasteiger partial charge in [-0.1, -0.05) is 12.1 Å². The fraction of sp³-hybridized carbons (Fsp3) is 0.0714. The van der Waals surface area contributed by atoms with Crippen LogP contribution >= 0.6 is 22.6 Å². The smallest absolute Gasteiger partial charge is 0.140 e. The largest absolute Gasteiger partial charge is 0.398 e. The molecule has 0 radical (unpaired) electrons. The lowest BCUT2D eigenvalue weighted by Gasteiger charge is -2.02. The third-order valence-electron chi connectivity index (χ3n) is 2.98. The lowest BCUT2D eigenvalue weighted by atomic mass is 10.2. The average molecular weight is 349 g/mol. The molecule has 3 aromatic rings. The number of nitrogens with one attached hydrogen (secondary N) is 1. The number of rotatable bonds is 1. The van der Waals surface area contributed by atoms with Crippen molar-refractivity contribution in [2.75, 3.05) is 5.73 Å². The molecular formula is C14H12IN3. The first-order valence-electron chi connectivity index (χ1n) is 5.66. The standard InChI is InChI=1S/C14H12IN3/c1-8-3-2-4-12-13(8)18-14(17-12)10-7-9(15)5-6-11(10)16/h2-7H,16H2,1H3,(H,17,18). The van der Waals surface area contributed by atoms with E-state index in [9.17, 15) is 0 Å². The van der Waals surface area contributed by atoms with Crippen molar-refractivity contribution in [1.82, 2.24) is 9.97 Å². The van der Waals surface area contributed by atoms with Crippen molar-refractivity contribution < 1.29 is 0 Å². The highest BCUT2D eigenvalue weighted by atomic mass is 127. The lowest BCUT2D eigenvalue weighted by molar-refractivity contribution is 1.33. The summed E-state index contributed by atoms with van der Waals surface area (Å²) in [6.45, 7) is 2.06. The van der Waals surface area contributed by atoms with Gasteiger partial charge in [0.25, 0.3) is 0 Å². The van der Waals surface area contributed by atoms with E-state index in [-0.39, 0.29) is 0 Å². The zero-order valence-corrected chi connectivity index (χ0v) is 12.0. The zero-order chi connectivity index (χ0) is 12.7. The summed E-state index contributed by atoms with van der Waals surface area (Å²) >= 11 is 2.28. The maximum Gasteiger partial charge on any atom is 0.140 e. The van der Waals surface area contributed by atoms with Gasteiger partial charge in [0.1, 0.15) is 5.82 Å². The van der Waals surface area contributed by atoms with Gasteiger partial charge in [-0.2, -0.15) is 0 Å². The van der Waals surface area contributed by atoms with Crippen molar-refractivity contribution in [1.29, 1.82) is 0 Å². The Hall–Kier alpha value is -1.56. The molecule has 0 aliphatic carbocycles. The number of aromatic nitrogens is 2. The minimum absolute atomic E-state index is 0.743. The number of nitrogens with zero attached hydrogens (tertiary/aromatic N) is 1. The van der Waals surface area contributed by atoms with Crippen LogP contribution in [0, 0.1) is 10.5 Å². The molecule has 90 valence electrons. The van der Waals surface area contributed by atoms with Gasteiger partial charge in [0, 0.05) is 14.8 Å². The molecule has 4 heteroatoms. The SMILES string of the molecule is Cc1cccc2[nH]c(-c3cc(I)ccc3N)nc12. The van der Waals surface area contributed by atoms with Crippen LogP contribution in [-0.2, 0) is 0 Å². The fourth-order valence-electron chi connectivity index (χ4n) is 2.04. The molecule has 3 N–H and O–H groups in total. The van der Waals surface area contributed by atoms with Crippen LogP contribution in [-0.4, -0.2) is 9.97 Å². The fourth-order valence-corrected chi connectivity index (χ4v) is 2.53. The Bertz CT molecular complexity index is 731. The second kappa shape index (κ2) is 4.28. The number of nitrogen functional groups attached to an aromatic ring is 1.